The summed E-state index contributed by atoms with van der Waals surface area (Å²) in [6.45, 7) is 4.29. The minimum absolute atomic E-state index is 0.0576. The van der Waals surface area contributed by atoms with Crippen molar-refractivity contribution in [3.63, 3.8) is 0 Å². The molecule has 0 aliphatic heterocycles. The van der Waals surface area contributed by atoms with Crippen LogP contribution in [0.1, 0.15) is 161 Å². The van der Waals surface area contributed by atoms with Crippen LogP contribution < -0.4 is 0 Å². The lowest BCUT2D eigenvalue weighted by Gasteiger charge is -2.34. The highest BCUT2D eigenvalue weighted by Crippen LogP contribution is 2.57. The predicted octanol–water partition coefficient (Wildman–Crippen LogP) is 13.0. The monoisotopic (exact) mass is 750 g/mol. The van der Waals surface area contributed by atoms with E-state index < -0.39 is 64.2 Å². The first-order valence-electron chi connectivity index (χ1n) is 20.5. The maximum absolute atomic E-state index is 15.3. The Kier molecular flexibility index (Phi) is 11.2. The van der Waals surface area contributed by atoms with Gasteiger partial charge in [0.15, 0.2) is 23.3 Å². The fourth-order valence-corrected chi connectivity index (χ4v) is 11.4. The average Bonchev–Trinajstić information content (AvgIpc) is 3.59. The summed E-state index contributed by atoms with van der Waals surface area (Å²) in [7, 11) is 0. The summed E-state index contributed by atoms with van der Waals surface area (Å²) in [4.78, 5) is 0. The summed E-state index contributed by atoms with van der Waals surface area (Å²) in [6, 6.07) is 0. The van der Waals surface area contributed by atoms with Gasteiger partial charge < -0.3 is 5.11 Å². The molecular formula is C44H54F8O. The van der Waals surface area contributed by atoms with E-state index in [4.69, 9.17) is 0 Å². The van der Waals surface area contributed by atoms with Crippen LogP contribution in [0.15, 0.2) is 6.08 Å². The molecule has 3 unspecified atom stereocenters. The summed E-state index contributed by atoms with van der Waals surface area (Å²) in [5.74, 6) is -12.5. The number of fused-ring (bicyclic) bond motifs is 6. The molecule has 2 fully saturated rings. The van der Waals surface area contributed by atoms with Crippen LogP contribution in [-0.2, 0) is 37.5 Å². The van der Waals surface area contributed by atoms with Gasteiger partial charge in [0.1, 0.15) is 0 Å². The van der Waals surface area contributed by atoms with Gasteiger partial charge in [-0.15, -0.1) is 0 Å². The highest BCUT2D eigenvalue weighted by molar-refractivity contribution is 5.65. The van der Waals surface area contributed by atoms with E-state index in [0.717, 1.165) is 77.0 Å². The van der Waals surface area contributed by atoms with Crippen LogP contribution in [0.25, 0.3) is 6.08 Å². The van der Waals surface area contributed by atoms with Gasteiger partial charge in [0.05, 0.1) is 17.2 Å². The third-order valence-electron chi connectivity index (χ3n) is 14.1. The first-order chi connectivity index (χ1) is 25.3. The van der Waals surface area contributed by atoms with Crippen molar-refractivity contribution in [2.75, 3.05) is 0 Å². The van der Waals surface area contributed by atoms with Gasteiger partial charge in [-0.2, -0.15) is 0 Å². The number of alkyl halides is 4. The van der Waals surface area contributed by atoms with Crippen molar-refractivity contribution < 1.29 is 40.2 Å². The number of allylic oxidation sites excluding steroid dienone is 1. The van der Waals surface area contributed by atoms with Crippen LogP contribution in [0.5, 0.6) is 0 Å². The number of rotatable bonds is 6. The zero-order chi connectivity index (χ0) is 37.8. The van der Waals surface area contributed by atoms with E-state index in [9.17, 15) is 22.7 Å². The zero-order valence-electron chi connectivity index (χ0n) is 31.1. The average molecular weight is 751 g/mol. The first-order valence-corrected chi connectivity index (χ1v) is 20.5. The van der Waals surface area contributed by atoms with E-state index >= 15 is 17.6 Å². The predicted molar refractivity (Wildman–Crippen MR) is 191 cm³/mol. The van der Waals surface area contributed by atoms with E-state index in [1.165, 1.54) is 0 Å². The van der Waals surface area contributed by atoms with Crippen molar-refractivity contribution >= 4 is 6.08 Å². The Bertz CT molecular complexity index is 1700. The summed E-state index contributed by atoms with van der Waals surface area (Å²) in [5, 5.41) is 10.4. The molecule has 0 saturated heterocycles. The number of hydrogen-bond donors (Lipinski definition) is 1. The van der Waals surface area contributed by atoms with Crippen molar-refractivity contribution in [1.29, 1.82) is 0 Å². The molecule has 0 radical (unpaired) electrons. The fraction of sp³-hybridized carbons (Fsp3) is 0.682. The van der Waals surface area contributed by atoms with Gasteiger partial charge in [-0.25, -0.2) is 35.1 Å². The van der Waals surface area contributed by atoms with E-state index in [1.54, 1.807) is 6.08 Å². The molecule has 0 aromatic heterocycles. The summed E-state index contributed by atoms with van der Waals surface area (Å²) in [6.07, 6.45) is 16.5. The minimum atomic E-state index is -3.37. The van der Waals surface area contributed by atoms with E-state index in [0.29, 0.717) is 55.1 Å². The molecule has 2 aromatic rings. The van der Waals surface area contributed by atoms with Crippen LogP contribution in [0.2, 0.25) is 0 Å². The quantitative estimate of drug-likeness (QED) is 0.292. The Hall–Kier alpha value is -2.42. The zero-order valence-corrected chi connectivity index (χ0v) is 31.1. The van der Waals surface area contributed by atoms with E-state index in [-0.39, 0.29) is 46.9 Å². The van der Waals surface area contributed by atoms with E-state index in [1.807, 2.05) is 6.08 Å². The highest BCUT2D eigenvalue weighted by atomic mass is 19.3. The van der Waals surface area contributed by atoms with Gasteiger partial charge in [-0.3, -0.25) is 0 Å². The second-order valence-electron chi connectivity index (χ2n) is 17.1. The van der Waals surface area contributed by atoms with Gasteiger partial charge in [0.25, 0.3) is 11.8 Å². The molecule has 292 valence electrons. The maximum Gasteiger partial charge on any atom is 0.279 e. The lowest BCUT2D eigenvalue weighted by molar-refractivity contribution is -0.0847. The molecule has 0 bridgehead atoms. The largest absolute Gasteiger partial charge is 0.388 e. The molecular weight excluding hydrogens is 696 g/mol. The van der Waals surface area contributed by atoms with Crippen LogP contribution in [0, 0.1) is 58.8 Å². The Labute approximate surface area is 309 Å². The first kappa shape index (κ1) is 38.8. The number of halogens is 8. The van der Waals surface area contributed by atoms with Crippen molar-refractivity contribution in [2.45, 2.75) is 154 Å². The molecule has 1 nitrogen and oxygen atoms in total. The molecule has 6 aliphatic rings. The van der Waals surface area contributed by atoms with Crippen molar-refractivity contribution in [1.82, 2.24) is 0 Å². The van der Waals surface area contributed by atoms with Crippen molar-refractivity contribution in [3.8, 4) is 0 Å². The smallest absolute Gasteiger partial charge is 0.279 e. The van der Waals surface area contributed by atoms with Gasteiger partial charge >= 0.3 is 0 Å². The molecule has 2 aromatic carbocycles. The lowest BCUT2D eigenvalue weighted by atomic mass is 9.73. The molecule has 2 saturated carbocycles. The van der Waals surface area contributed by atoms with E-state index in [2.05, 4.69) is 13.8 Å². The molecule has 0 spiro atoms. The van der Waals surface area contributed by atoms with Crippen LogP contribution in [-0.4, -0.2) is 5.11 Å². The third-order valence-corrected chi connectivity index (χ3v) is 14.1. The second kappa shape index (κ2) is 15.3. The molecule has 3 atom stereocenters. The van der Waals surface area contributed by atoms with Crippen molar-refractivity contribution in [2.24, 2.45) is 35.5 Å². The van der Waals surface area contributed by atoms with Crippen LogP contribution >= 0.6 is 0 Å². The number of hydrogen-bond acceptors (Lipinski definition) is 1. The minimum Gasteiger partial charge on any atom is -0.388 e. The lowest BCUT2D eigenvalue weighted by Crippen LogP contribution is -2.31. The van der Waals surface area contributed by atoms with Gasteiger partial charge in [-0.05, 0) is 128 Å². The molecule has 0 amide bonds. The summed E-state index contributed by atoms with van der Waals surface area (Å²) < 4.78 is 119. The number of aliphatic hydroxyl groups is 1. The normalized spacial score (nSPS) is 30.9. The number of benzene rings is 2. The number of aliphatic hydroxyl groups excluding tert-OH is 1. The van der Waals surface area contributed by atoms with Gasteiger partial charge in [0.2, 0.25) is 0 Å². The molecule has 6 aliphatic carbocycles. The van der Waals surface area contributed by atoms with Crippen LogP contribution in [0.3, 0.4) is 0 Å². The molecule has 8 rings (SSSR count). The summed E-state index contributed by atoms with van der Waals surface area (Å²) in [5.41, 5.74) is 0.327. The third kappa shape index (κ3) is 6.79. The molecule has 9 heteroatoms. The Morgan fingerprint density at radius 2 is 1.09 bits per heavy atom. The van der Waals surface area contributed by atoms with Crippen molar-refractivity contribution in [3.05, 3.63) is 73.9 Å². The summed E-state index contributed by atoms with van der Waals surface area (Å²) >= 11 is 0. The fourth-order valence-electron chi connectivity index (χ4n) is 11.4. The highest BCUT2D eigenvalue weighted by Gasteiger charge is 2.57. The molecule has 0 heterocycles. The van der Waals surface area contributed by atoms with Gasteiger partial charge in [-0.1, -0.05) is 77.4 Å². The maximum atomic E-state index is 15.3. The molecule has 53 heavy (non-hydrogen) atoms. The molecule has 1 N–H and O–H groups in total. The topological polar surface area (TPSA) is 20.2 Å². The standard InChI is InChI=1S/C22H28F4O.C22H26F4/c1-2-4-12-7-9-13(10-8-12)16-11-15-18-14(5-3-6-17(18)27)20(23)21(24)19(15)22(16,25)26;1-2-5-13-8-10-14(11-9-13)18-12-17-15-6-3-4-7-16(15)20(23)21(24)19(17)22(18,25)26/h12-13,16-17,27H,2-11H2,1H3;3,6,13-14,18H,2,4-5,7-12H2,1H3. The second-order valence-corrected chi connectivity index (χ2v) is 17.1. The Morgan fingerprint density at radius 3 is 1.62 bits per heavy atom. The van der Waals surface area contributed by atoms with Crippen LogP contribution in [0.4, 0.5) is 35.1 Å². The van der Waals surface area contributed by atoms with Gasteiger partial charge in [0, 0.05) is 11.8 Å². The Morgan fingerprint density at radius 1 is 0.604 bits per heavy atom. The SMILES string of the molecule is CCCC1CCC(C2Cc3c4c(c(F)c(F)c3C2(F)F)CCC=C4)CC1.CCCC1CCC(C2Cc3c4c(c(F)c(F)c3C2(F)F)CCCC4O)CC1. The Balaban J connectivity index is 0.000000164.